The van der Waals surface area contributed by atoms with Gasteiger partial charge in [0.1, 0.15) is 6.07 Å². The number of rotatable bonds is 3. The maximum atomic E-state index is 12.2. The van der Waals surface area contributed by atoms with Gasteiger partial charge in [0.05, 0.1) is 34.7 Å². The van der Waals surface area contributed by atoms with Crippen LogP contribution in [0.15, 0.2) is 35.8 Å². The molecule has 0 aliphatic carbocycles. The second-order valence-corrected chi connectivity index (χ2v) is 6.11. The number of aromatic nitrogens is 2. The van der Waals surface area contributed by atoms with Gasteiger partial charge in [-0.25, -0.2) is 9.78 Å². The molecule has 0 saturated carbocycles. The molecule has 1 aromatic carbocycles. The van der Waals surface area contributed by atoms with E-state index in [-0.39, 0.29) is 16.9 Å². The highest BCUT2D eigenvalue weighted by Crippen LogP contribution is 2.32. The third-order valence-electron chi connectivity index (χ3n) is 3.60. The number of benzene rings is 1. The fourth-order valence-electron chi connectivity index (χ4n) is 2.49. The molecule has 0 atom stereocenters. The number of nitrogens with two attached hydrogens (primary N) is 1. The van der Waals surface area contributed by atoms with Gasteiger partial charge in [-0.3, -0.25) is 0 Å². The first-order valence-corrected chi connectivity index (χ1v) is 7.96. The van der Waals surface area contributed by atoms with Crippen LogP contribution in [0.2, 0.25) is 0 Å². The van der Waals surface area contributed by atoms with Crippen molar-refractivity contribution in [3.63, 3.8) is 0 Å². The largest absolute Gasteiger partial charge is 0.464 e. The first-order valence-electron chi connectivity index (χ1n) is 7.08. The van der Waals surface area contributed by atoms with Crippen LogP contribution in [-0.4, -0.2) is 22.6 Å². The predicted octanol–water partition coefficient (Wildman–Crippen LogP) is 3.15. The summed E-state index contributed by atoms with van der Waals surface area (Å²) in [5.74, 6) is -0.599. The number of nitrogen functional groups attached to an aromatic ring is 1. The van der Waals surface area contributed by atoms with Crippen LogP contribution in [0.3, 0.4) is 0 Å². The van der Waals surface area contributed by atoms with Crippen LogP contribution >= 0.6 is 11.3 Å². The van der Waals surface area contributed by atoms with E-state index in [1.54, 1.807) is 22.1 Å². The van der Waals surface area contributed by atoms with Gasteiger partial charge in [0.15, 0.2) is 5.69 Å². The highest BCUT2D eigenvalue weighted by atomic mass is 32.1. The number of nitrogens with zero attached hydrogens (tertiary/aromatic N) is 3. The van der Waals surface area contributed by atoms with Gasteiger partial charge in [-0.2, -0.15) is 5.26 Å². The summed E-state index contributed by atoms with van der Waals surface area (Å²) in [5, 5.41) is 12.1. The van der Waals surface area contributed by atoms with Gasteiger partial charge in [0.25, 0.3) is 0 Å². The summed E-state index contributed by atoms with van der Waals surface area (Å²) in [4.78, 5) is 16.7. The molecule has 0 bridgehead atoms. The first-order chi connectivity index (χ1) is 11.6. The van der Waals surface area contributed by atoms with Gasteiger partial charge in [-0.1, -0.05) is 18.2 Å². The van der Waals surface area contributed by atoms with Gasteiger partial charge in [0, 0.05) is 17.1 Å². The number of hydrogen-bond donors (Lipinski definition) is 1. The maximum Gasteiger partial charge on any atom is 0.357 e. The molecule has 0 radical (unpaired) electrons. The molecule has 0 aliphatic rings. The van der Waals surface area contributed by atoms with Gasteiger partial charge < -0.3 is 15.0 Å². The Kier molecular flexibility index (Phi) is 4.06. The zero-order valence-electron chi connectivity index (χ0n) is 13.1. The van der Waals surface area contributed by atoms with E-state index in [1.807, 2.05) is 42.6 Å². The summed E-state index contributed by atoms with van der Waals surface area (Å²) in [7, 11) is 1.28. The van der Waals surface area contributed by atoms with E-state index >= 15 is 0 Å². The van der Waals surface area contributed by atoms with Gasteiger partial charge in [0.2, 0.25) is 0 Å². The Morgan fingerprint density at radius 3 is 2.79 bits per heavy atom. The minimum Gasteiger partial charge on any atom is -0.464 e. The van der Waals surface area contributed by atoms with E-state index in [0.29, 0.717) is 5.69 Å². The molecule has 2 heterocycles. The quantitative estimate of drug-likeness (QED) is 0.740. The highest BCUT2D eigenvalue weighted by molar-refractivity contribution is 7.09. The minimum absolute atomic E-state index is 0.105. The lowest BCUT2D eigenvalue weighted by Crippen LogP contribution is -2.11. The molecular weight excluding hydrogens is 324 g/mol. The number of carbonyl (C=O) groups excluding carboxylic acids is 1. The number of anilines is 1. The summed E-state index contributed by atoms with van der Waals surface area (Å²) in [6.45, 7) is 1.93. The van der Waals surface area contributed by atoms with E-state index in [0.717, 1.165) is 16.3 Å². The lowest BCUT2D eigenvalue weighted by molar-refractivity contribution is 0.0593. The lowest BCUT2D eigenvalue weighted by Gasteiger charge is -2.12. The fourth-order valence-corrected chi connectivity index (χ4v) is 3.10. The maximum absolute atomic E-state index is 12.2. The van der Waals surface area contributed by atoms with E-state index < -0.39 is 5.97 Å². The molecule has 7 heteroatoms. The number of para-hydroxylation sites is 1. The summed E-state index contributed by atoms with van der Waals surface area (Å²) in [6, 6.07) is 9.50. The van der Waals surface area contributed by atoms with Crippen molar-refractivity contribution in [2.45, 2.75) is 6.92 Å². The molecule has 6 nitrogen and oxygen atoms in total. The number of thiazole rings is 1. The molecule has 0 saturated heterocycles. The van der Waals surface area contributed by atoms with Gasteiger partial charge >= 0.3 is 5.97 Å². The third kappa shape index (κ3) is 2.53. The normalized spacial score (nSPS) is 10.4. The number of esters is 1. The molecule has 0 spiro atoms. The Morgan fingerprint density at radius 2 is 2.17 bits per heavy atom. The number of carbonyl (C=O) groups is 1. The topological polar surface area (TPSA) is 93.9 Å². The van der Waals surface area contributed by atoms with Crippen molar-refractivity contribution in [2.24, 2.45) is 0 Å². The highest BCUT2D eigenvalue weighted by Gasteiger charge is 2.23. The van der Waals surface area contributed by atoms with Crippen molar-refractivity contribution >= 4 is 23.0 Å². The Labute approximate surface area is 142 Å². The number of aryl methyl sites for hydroxylation is 1. The van der Waals surface area contributed by atoms with Crippen molar-refractivity contribution in [1.29, 1.82) is 5.26 Å². The monoisotopic (exact) mass is 338 g/mol. The zero-order chi connectivity index (χ0) is 17.3. The Morgan fingerprint density at radius 1 is 1.42 bits per heavy atom. The SMILES string of the molecule is COC(=O)c1c(N)c(C#N)cn1-c1ccccc1-c1csc(C)n1. The second kappa shape index (κ2) is 6.18. The van der Waals surface area contributed by atoms with Crippen molar-refractivity contribution < 1.29 is 9.53 Å². The molecule has 3 aromatic rings. The van der Waals surface area contributed by atoms with Crippen LogP contribution in [0.4, 0.5) is 5.69 Å². The summed E-state index contributed by atoms with van der Waals surface area (Å²) < 4.78 is 6.41. The van der Waals surface area contributed by atoms with Crippen LogP contribution in [0, 0.1) is 18.3 Å². The minimum atomic E-state index is -0.599. The summed E-state index contributed by atoms with van der Waals surface area (Å²) in [5.41, 5.74) is 8.77. The molecular formula is C17H14N4O2S. The molecule has 0 aliphatic heterocycles. The Bertz CT molecular complexity index is 965. The molecule has 2 aromatic heterocycles. The number of hydrogen-bond acceptors (Lipinski definition) is 6. The van der Waals surface area contributed by atoms with Gasteiger partial charge in [-0.05, 0) is 13.0 Å². The van der Waals surface area contributed by atoms with E-state index in [4.69, 9.17) is 10.5 Å². The average Bonchev–Trinajstić information content (AvgIpc) is 3.17. The molecule has 0 unspecified atom stereocenters. The fraction of sp³-hybridized carbons (Fsp3) is 0.118. The number of ether oxygens (including phenoxy) is 1. The molecule has 2 N–H and O–H groups in total. The smallest absolute Gasteiger partial charge is 0.357 e. The van der Waals surface area contributed by atoms with Crippen LogP contribution in [0.5, 0.6) is 0 Å². The zero-order valence-corrected chi connectivity index (χ0v) is 13.9. The van der Waals surface area contributed by atoms with Gasteiger partial charge in [-0.15, -0.1) is 11.3 Å². The lowest BCUT2D eigenvalue weighted by atomic mass is 10.1. The number of nitriles is 1. The van der Waals surface area contributed by atoms with Crippen LogP contribution in [0.25, 0.3) is 16.9 Å². The summed E-state index contributed by atoms with van der Waals surface area (Å²) in [6.07, 6.45) is 1.54. The Balaban J connectivity index is 2.28. The van der Waals surface area contributed by atoms with Crippen molar-refractivity contribution in [2.75, 3.05) is 12.8 Å². The second-order valence-electron chi connectivity index (χ2n) is 5.05. The average molecular weight is 338 g/mol. The molecule has 0 amide bonds. The first kappa shape index (κ1) is 15.8. The van der Waals surface area contributed by atoms with E-state index in [9.17, 15) is 10.1 Å². The third-order valence-corrected chi connectivity index (χ3v) is 4.38. The van der Waals surface area contributed by atoms with Crippen LogP contribution in [-0.2, 0) is 4.74 Å². The molecule has 3 rings (SSSR count). The van der Waals surface area contributed by atoms with Crippen LogP contribution < -0.4 is 5.73 Å². The Hall–Kier alpha value is -3.11. The van der Waals surface area contributed by atoms with Crippen LogP contribution in [0.1, 0.15) is 21.1 Å². The predicted molar refractivity (Wildman–Crippen MR) is 92.1 cm³/mol. The van der Waals surface area contributed by atoms with Crippen molar-refractivity contribution in [1.82, 2.24) is 9.55 Å². The standard InChI is InChI=1S/C17H14N4O2S/c1-10-20-13(9-24-10)12-5-3-4-6-14(12)21-8-11(7-18)15(19)16(21)17(22)23-2/h3-6,8-9H,19H2,1-2H3. The van der Waals surface area contributed by atoms with Crippen molar-refractivity contribution in [3.8, 4) is 23.0 Å². The van der Waals surface area contributed by atoms with E-state index in [2.05, 4.69) is 4.98 Å². The van der Waals surface area contributed by atoms with Crippen molar-refractivity contribution in [3.05, 3.63) is 52.1 Å². The molecule has 0 fully saturated rings. The van der Waals surface area contributed by atoms with E-state index in [1.165, 1.54) is 7.11 Å². The molecule has 120 valence electrons. The summed E-state index contributed by atoms with van der Waals surface area (Å²) >= 11 is 1.54. The molecule has 24 heavy (non-hydrogen) atoms. The number of methoxy groups -OCH3 is 1.